The maximum atomic E-state index is 8.72. The number of rotatable bonds is 3. The Morgan fingerprint density at radius 3 is 2.86 bits per heavy atom. The van der Waals surface area contributed by atoms with E-state index in [0.717, 1.165) is 11.0 Å². The number of para-hydroxylation sites is 1. The molecule has 0 amide bonds. The van der Waals surface area contributed by atoms with Crippen molar-refractivity contribution in [1.29, 1.82) is 0 Å². The van der Waals surface area contributed by atoms with Crippen LogP contribution in [-0.2, 0) is 6.54 Å². The van der Waals surface area contributed by atoms with Crippen molar-refractivity contribution in [2.24, 2.45) is 0 Å². The monoisotopic (exact) mass is 193 g/mol. The molecule has 0 saturated carbocycles. The third-order valence-corrected chi connectivity index (χ3v) is 2.02. The van der Waals surface area contributed by atoms with Gasteiger partial charge in [-0.15, -0.1) is 5.10 Å². The van der Waals surface area contributed by atoms with Crippen molar-refractivity contribution in [2.75, 3.05) is 0 Å². The fourth-order valence-corrected chi connectivity index (χ4v) is 1.32. The van der Waals surface area contributed by atoms with Crippen LogP contribution < -0.4 is 0 Å². The van der Waals surface area contributed by atoms with Gasteiger partial charge in [-0.05, 0) is 12.1 Å². The van der Waals surface area contributed by atoms with Gasteiger partial charge in [0.05, 0.1) is 5.52 Å². The molecule has 0 saturated heterocycles. The summed E-state index contributed by atoms with van der Waals surface area (Å²) in [4.78, 5) is 0. The summed E-state index contributed by atoms with van der Waals surface area (Å²) in [6, 6.07) is 7.56. The molecule has 2 rings (SSSR count). The molecule has 5 nitrogen and oxygen atoms in total. The van der Waals surface area contributed by atoms with Crippen LogP contribution in [0.3, 0.4) is 0 Å². The van der Waals surface area contributed by atoms with Gasteiger partial charge in [-0.2, -0.15) is 0 Å². The van der Waals surface area contributed by atoms with Gasteiger partial charge in [0.15, 0.2) is 6.29 Å². The normalized spacial score (nSPS) is 11.4. The zero-order valence-corrected chi connectivity index (χ0v) is 7.54. The molecular weight excluding hydrogens is 182 g/mol. The Morgan fingerprint density at radius 2 is 2.07 bits per heavy atom. The topological polar surface area (TPSA) is 71.2 Å². The SMILES string of the molecule is OC(O)CCn1nnc2ccccc21. The summed E-state index contributed by atoms with van der Waals surface area (Å²) in [5.41, 5.74) is 1.73. The highest BCUT2D eigenvalue weighted by Crippen LogP contribution is 2.10. The highest BCUT2D eigenvalue weighted by molar-refractivity contribution is 5.73. The van der Waals surface area contributed by atoms with Crippen LogP contribution in [0.2, 0.25) is 0 Å². The first-order valence-corrected chi connectivity index (χ1v) is 4.42. The average molecular weight is 193 g/mol. The van der Waals surface area contributed by atoms with Gasteiger partial charge in [0, 0.05) is 13.0 Å². The van der Waals surface area contributed by atoms with Crippen LogP contribution in [0.25, 0.3) is 11.0 Å². The molecule has 0 radical (unpaired) electrons. The zero-order chi connectivity index (χ0) is 9.97. The summed E-state index contributed by atoms with van der Waals surface area (Å²) in [5, 5.41) is 25.3. The summed E-state index contributed by atoms with van der Waals surface area (Å²) in [6.45, 7) is 0.457. The molecule has 1 aromatic heterocycles. The van der Waals surface area contributed by atoms with E-state index in [1.807, 2.05) is 24.3 Å². The first kappa shape index (κ1) is 9.11. The zero-order valence-electron chi connectivity index (χ0n) is 7.54. The van der Waals surface area contributed by atoms with Crippen LogP contribution in [0.15, 0.2) is 24.3 Å². The number of nitrogens with zero attached hydrogens (tertiary/aromatic N) is 3. The van der Waals surface area contributed by atoms with Gasteiger partial charge in [0.1, 0.15) is 5.52 Å². The van der Waals surface area contributed by atoms with E-state index in [1.54, 1.807) is 4.68 Å². The Morgan fingerprint density at radius 1 is 1.29 bits per heavy atom. The van der Waals surface area contributed by atoms with E-state index in [2.05, 4.69) is 10.3 Å². The molecule has 0 aliphatic heterocycles. The minimum atomic E-state index is -1.29. The van der Waals surface area contributed by atoms with Crippen molar-refractivity contribution in [3.63, 3.8) is 0 Å². The van der Waals surface area contributed by atoms with Gasteiger partial charge in [-0.25, -0.2) is 4.68 Å². The van der Waals surface area contributed by atoms with Crippen LogP contribution in [0.5, 0.6) is 0 Å². The third kappa shape index (κ3) is 1.73. The van der Waals surface area contributed by atoms with Gasteiger partial charge in [-0.3, -0.25) is 0 Å². The van der Waals surface area contributed by atoms with E-state index in [9.17, 15) is 0 Å². The summed E-state index contributed by atoms with van der Waals surface area (Å²) >= 11 is 0. The number of hydrogen-bond acceptors (Lipinski definition) is 4. The Labute approximate surface area is 80.6 Å². The van der Waals surface area contributed by atoms with Crippen molar-refractivity contribution in [2.45, 2.75) is 19.3 Å². The second-order valence-electron chi connectivity index (χ2n) is 3.07. The molecule has 2 aromatic rings. The van der Waals surface area contributed by atoms with E-state index in [0.29, 0.717) is 6.54 Å². The largest absolute Gasteiger partial charge is 0.368 e. The standard InChI is InChI=1S/C9H11N3O2/c13-9(14)5-6-12-8-4-2-1-3-7(8)10-11-12/h1-4,9,13-14H,5-6H2. The van der Waals surface area contributed by atoms with Crippen molar-refractivity contribution < 1.29 is 10.2 Å². The number of hydrogen-bond donors (Lipinski definition) is 2. The van der Waals surface area contributed by atoms with Crippen LogP contribution in [-0.4, -0.2) is 31.5 Å². The van der Waals surface area contributed by atoms with Crippen molar-refractivity contribution >= 4 is 11.0 Å². The molecule has 0 bridgehead atoms. The lowest BCUT2D eigenvalue weighted by Gasteiger charge is -2.03. The number of benzene rings is 1. The van der Waals surface area contributed by atoms with E-state index < -0.39 is 6.29 Å². The molecule has 0 aliphatic rings. The van der Waals surface area contributed by atoms with Gasteiger partial charge >= 0.3 is 0 Å². The Bertz CT molecular complexity index is 425. The van der Waals surface area contributed by atoms with Crippen molar-refractivity contribution in [3.05, 3.63) is 24.3 Å². The second kappa shape index (κ2) is 3.73. The van der Waals surface area contributed by atoms with Crippen LogP contribution in [0.1, 0.15) is 6.42 Å². The first-order valence-electron chi connectivity index (χ1n) is 4.42. The molecular formula is C9H11N3O2. The van der Waals surface area contributed by atoms with Crippen LogP contribution in [0.4, 0.5) is 0 Å². The molecule has 0 atom stereocenters. The van der Waals surface area contributed by atoms with Gasteiger partial charge in [-0.1, -0.05) is 17.3 Å². The molecule has 2 N–H and O–H groups in total. The average Bonchev–Trinajstić information content (AvgIpc) is 2.58. The highest BCUT2D eigenvalue weighted by atomic mass is 16.5. The molecule has 14 heavy (non-hydrogen) atoms. The van der Waals surface area contributed by atoms with E-state index in [-0.39, 0.29) is 6.42 Å². The number of aliphatic hydroxyl groups excluding tert-OH is 1. The Hall–Kier alpha value is -1.46. The summed E-state index contributed by atoms with van der Waals surface area (Å²) in [7, 11) is 0. The summed E-state index contributed by atoms with van der Waals surface area (Å²) in [5.74, 6) is 0. The van der Waals surface area contributed by atoms with Gasteiger partial charge in [0.25, 0.3) is 0 Å². The minimum Gasteiger partial charge on any atom is -0.368 e. The second-order valence-corrected chi connectivity index (χ2v) is 3.07. The maximum absolute atomic E-state index is 8.72. The molecule has 5 heteroatoms. The van der Waals surface area contributed by atoms with E-state index in [4.69, 9.17) is 10.2 Å². The Kier molecular flexibility index (Phi) is 2.43. The summed E-state index contributed by atoms with van der Waals surface area (Å²) in [6.07, 6.45) is -1.04. The smallest absolute Gasteiger partial charge is 0.153 e. The first-order chi connectivity index (χ1) is 6.77. The van der Waals surface area contributed by atoms with E-state index >= 15 is 0 Å². The summed E-state index contributed by atoms with van der Waals surface area (Å²) < 4.78 is 1.66. The molecule has 0 unspecified atom stereocenters. The molecule has 74 valence electrons. The number of aromatic nitrogens is 3. The molecule has 0 aliphatic carbocycles. The van der Waals surface area contributed by atoms with Crippen molar-refractivity contribution in [1.82, 2.24) is 15.0 Å². The molecule has 0 spiro atoms. The quantitative estimate of drug-likeness (QED) is 0.680. The number of aliphatic hydroxyl groups is 2. The third-order valence-electron chi connectivity index (χ3n) is 2.02. The molecule has 0 fully saturated rings. The predicted molar refractivity (Wildman–Crippen MR) is 50.4 cm³/mol. The van der Waals surface area contributed by atoms with Crippen LogP contribution in [0, 0.1) is 0 Å². The number of aryl methyl sites for hydroxylation is 1. The van der Waals surface area contributed by atoms with Crippen LogP contribution >= 0.6 is 0 Å². The fourth-order valence-electron chi connectivity index (χ4n) is 1.32. The lowest BCUT2D eigenvalue weighted by Crippen LogP contribution is -2.10. The lowest BCUT2D eigenvalue weighted by molar-refractivity contribution is -0.0481. The van der Waals surface area contributed by atoms with E-state index in [1.165, 1.54) is 0 Å². The predicted octanol–water partition coefficient (Wildman–Crippen LogP) is 0.132. The fraction of sp³-hybridized carbons (Fsp3) is 0.333. The van der Waals surface area contributed by atoms with Gasteiger partial charge in [0.2, 0.25) is 0 Å². The lowest BCUT2D eigenvalue weighted by atomic mass is 10.3. The number of fused-ring (bicyclic) bond motifs is 1. The highest BCUT2D eigenvalue weighted by Gasteiger charge is 2.04. The van der Waals surface area contributed by atoms with Crippen molar-refractivity contribution in [3.8, 4) is 0 Å². The molecule has 1 heterocycles. The van der Waals surface area contributed by atoms with Gasteiger partial charge < -0.3 is 10.2 Å². The Balaban J connectivity index is 2.25. The maximum Gasteiger partial charge on any atom is 0.153 e. The molecule has 1 aromatic carbocycles. The minimum absolute atomic E-state index is 0.257.